The van der Waals surface area contributed by atoms with Gasteiger partial charge in [0.1, 0.15) is 6.04 Å². The van der Waals surface area contributed by atoms with E-state index in [1.54, 1.807) is 6.92 Å². The van der Waals surface area contributed by atoms with Gasteiger partial charge >= 0.3 is 5.97 Å². The predicted octanol–water partition coefficient (Wildman–Crippen LogP) is 2.02. The van der Waals surface area contributed by atoms with Crippen LogP contribution in [0, 0.1) is 0 Å². The van der Waals surface area contributed by atoms with Gasteiger partial charge in [-0.1, -0.05) is 6.07 Å². The molecule has 0 aliphatic carbocycles. The topological polar surface area (TPSA) is 56.8 Å². The van der Waals surface area contributed by atoms with Gasteiger partial charge in [-0.05, 0) is 38.5 Å². The minimum Gasteiger partial charge on any atom is -0.465 e. The number of hydrogen-bond donors (Lipinski definition) is 1. The third kappa shape index (κ3) is 3.17. The lowest BCUT2D eigenvalue weighted by molar-refractivity contribution is -0.146. The Kier molecular flexibility index (Phi) is 4.27. The number of fused-ring (bicyclic) bond motifs is 1. The maximum absolute atomic E-state index is 12.0. The van der Waals surface area contributed by atoms with Crippen molar-refractivity contribution in [3.8, 4) is 11.5 Å². The van der Waals surface area contributed by atoms with E-state index in [0.29, 0.717) is 18.1 Å². The molecule has 1 aliphatic rings. The smallest absolute Gasteiger partial charge is 0.327 e. The number of carbonyl (C=O) groups is 1. The molecule has 1 heterocycles. The molecule has 1 aromatic rings. The summed E-state index contributed by atoms with van der Waals surface area (Å²) in [7, 11) is 0. The fourth-order valence-corrected chi connectivity index (χ4v) is 1.95. The molecule has 1 atom stereocenters. The average Bonchev–Trinajstić information content (AvgIpc) is 2.83. The van der Waals surface area contributed by atoms with Gasteiger partial charge in [0.15, 0.2) is 11.5 Å². The van der Waals surface area contributed by atoms with E-state index in [2.05, 4.69) is 5.32 Å². The molecule has 2 rings (SSSR count). The van der Waals surface area contributed by atoms with E-state index in [1.807, 2.05) is 32.0 Å². The summed E-state index contributed by atoms with van der Waals surface area (Å²) in [5.74, 6) is 1.09. The molecule has 0 spiro atoms. The van der Waals surface area contributed by atoms with Gasteiger partial charge in [0.05, 0.1) is 6.61 Å². The lowest BCUT2D eigenvalue weighted by Gasteiger charge is -2.20. The molecule has 1 aliphatic heterocycles. The molecule has 0 amide bonds. The third-order valence-corrected chi connectivity index (χ3v) is 2.75. The van der Waals surface area contributed by atoms with Gasteiger partial charge < -0.3 is 14.2 Å². The summed E-state index contributed by atoms with van der Waals surface area (Å²) in [6.45, 7) is 6.35. The Bertz CT molecular complexity index is 459. The summed E-state index contributed by atoms with van der Waals surface area (Å²) >= 11 is 0. The molecular formula is C14H19NO4. The predicted molar refractivity (Wildman–Crippen MR) is 70.2 cm³/mol. The molecule has 104 valence electrons. The van der Waals surface area contributed by atoms with Crippen LogP contribution in [0.5, 0.6) is 11.5 Å². The lowest BCUT2D eigenvalue weighted by Crippen LogP contribution is -2.34. The summed E-state index contributed by atoms with van der Waals surface area (Å²) in [6, 6.07) is 5.16. The van der Waals surface area contributed by atoms with Crippen LogP contribution in [0.3, 0.4) is 0 Å². The first-order valence-corrected chi connectivity index (χ1v) is 6.44. The number of esters is 1. The maximum atomic E-state index is 12.0. The maximum Gasteiger partial charge on any atom is 0.327 e. The second kappa shape index (κ2) is 5.93. The first-order chi connectivity index (χ1) is 9.11. The Balaban J connectivity index is 2.24. The first-order valence-electron chi connectivity index (χ1n) is 6.44. The molecule has 0 radical (unpaired) electrons. The van der Waals surface area contributed by atoms with E-state index in [1.165, 1.54) is 0 Å². The van der Waals surface area contributed by atoms with Crippen LogP contribution in [0.2, 0.25) is 0 Å². The molecule has 0 aromatic heterocycles. The van der Waals surface area contributed by atoms with Gasteiger partial charge in [-0.2, -0.15) is 0 Å². The second-order valence-electron chi connectivity index (χ2n) is 4.62. The van der Waals surface area contributed by atoms with Crippen molar-refractivity contribution in [2.75, 3.05) is 13.4 Å². The quantitative estimate of drug-likeness (QED) is 0.825. The van der Waals surface area contributed by atoms with Crippen LogP contribution in [0.25, 0.3) is 0 Å². The third-order valence-electron chi connectivity index (χ3n) is 2.75. The zero-order chi connectivity index (χ0) is 13.8. The van der Waals surface area contributed by atoms with Gasteiger partial charge in [-0.3, -0.25) is 5.32 Å². The highest BCUT2D eigenvalue weighted by Crippen LogP contribution is 2.34. The van der Waals surface area contributed by atoms with Crippen molar-refractivity contribution in [3.63, 3.8) is 0 Å². The van der Waals surface area contributed by atoms with Crippen molar-refractivity contribution in [1.82, 2.24) is 5.32 Å². The SMILES string of the molecule is CCOC(=O)C(NC(C)C)c1ccc2c(c1)OCO2. The number of ether oxygens (including phenoxy) is 3. The normalized spacial score (nSPS) is 14.5. The molecule has 5 nitrogen and oxygen atoms in total. The van der Waals surface area contributed by atoms with Gasteiger partial charge in [0.2, 0.25) is 6.79 Å². The Morgan fingerprint density at radius 1 is 1.37 bits per heavy atom. The standard InChI is InChI=1S/C14H19NO4/c1-4-17-14(16)13(15-9(2)3)10-5-6-11-12(7-10)19-8-18-11/h5-7,9,13,15H,4,8H2,1-3H3. The van der Waals surface area contributed by atoms with E-state index in [0.717, 1.165) is 5.56 Å². The zero-order valence-electron chi connectivity index (χ0n) is 11.4. The van der Waals surface area contributed by atoms with Crippen LogP contribution < -0.4 is 14.8 Å². The minimum atomic E-state index is -0.491. The molecule has 5 heteroatoms. The van der Waals surface area contributed by atoms with Gasteiger partial charge in [0, 0.05) is 6.04 Å². The van der Waals surface area contributed by atoms with Crippen molar-refractivity contribution in [2.24, 2.45) is 0 Å². The van der Waals surface area contributed by atoms with Gasteiger partial charge in [-0.15, -0.1) is 0 Å². The van der Waals surface area contributed by atoms with Crippen LogP contribution in [-0.4, -0.2) is 25.4 Å². The van der Waals surface area contributed by atoms with E-state index < -0.39 is 6.04 Å². The van der Waals surface area contributed by atoms with Crippen molar-refractivity contribution >= 4 is 5.97 Å². The number of benzene rings is 1. The van der Waals surface area contributed by atoms with Crippen molar-refractivity contribution in [1.29, 1.82) is 0 Å². The Hall–Kier alpha value is -1.75. The van der Waals surface area contributed by atoms with Crippen molar-refractivity contribution in [3.05, 3.63) is 23.8 Å². The molecule has 1 N–H and O–H groups in total. The molecule has 0 fully saturated rings. The monoisotopic (exact) mass is 265 g/mol. The summed E-state index contributed by atoms with van der Waals surface area (Å²) < 4.78 is 15.7. The Morgan fingerprint density at radius 2 is 2.11 bits per heavy atom. The largest absolute Gasteiger partial charge is 0.465 e. The highest BCUT2D eigenvalue weighted by atomic mass is 16.7. The van der Waals surface area contributed by atoms with Crippen LogP contribution in [-0.2, 0) is 9.53 Å². The summed E-state index contributed by atoms with van der Waals surface area (Å²) in [4.78, 5) is 12.0. The van der Waals surface area contributed by atoms with Crippen LogP contribution in [0.4, 0.5) is 0 Å². The number of carbonyl (C=O) groups excluding carboxylic acids is 1. The van der Waals surface area contributed by atoms with E-state index in [4.69, 9.17) is 14.2 Å². The summed E-state index contributed by atoms with van der Waals surface area (Å²) in [6.07, 6.45) is 0. The van der Waals surface area contributed by atoms with E-state index in [9.17, 15) is 4.79 Å². The second-order valence-corrected chi connectivity index (χ2v) is 4.62. The fraction of sp³-hybridized carbons (Fsp3) is 0.500. The fourth-order valence-electron chi connectivity index (χ4n) is 1.95. The molecule has 0 bridgehead atoms. The first kappa shape index (κ1) is 13.7. The minimum absolute atomic E-state index is 0.167. The summed E-state index contributed by atoms with van der Waals surface area (Å²) in [5, 5.41) is 3.20. The number of nitrogens with one attached hydrogen (secondary N) is 1. The highest BCUT2D eigenvalue weighted by Gasteiger charge is 2.25. The Morgan fingerprint density at radius 3 is 2.79 bits per heavy atom. The average molecular weight is 265 g/mol. The summed E-state index contributed by atoms with van der Waals surface area (Å²) in [5.41, 5.74) is 0.816. The molecule has 0 saturated heterocycles. The van der Waals surface area contributed by atoms with Crippen LogP contribution in [0.15, 0.2) is 18.2 Å². The van der Waals surface area contributed by atoms with E-state index in [-0.39, 0.29) is 18.8 Å². The Labute approximate surface area is 112 Å². The van der Waals surface area contributed by atoms with E-state index >= 15 is 0 Å². The van der Waals surface area contributed by atoms with Crippen LogP contribution >= 0.6 is 0 Å². The van der Waals surface area contributed by atoms with Gasteiger partial charge in [-0.25, -0.2) is 4.79 Å². The van der Waals surface area contributed by atoms with Crippen molar-refractivity contribution < 1.29 is 19.0 Å². The molecule has 1 aromatic carbocycles. The molecular weight excluding hydrogens is 246 g/mol. The van der Waals surface area contributed by atoms with Crippen LogP contribution in [0.1, 0.15) is 32.4 Å². The zero-order valence-corrected chi connectivity index (χ0v) is 11.4. The number of rotatable bonds is 5. The molecule has 1 unspecified atom stereocenters. The molecule has 0 saturated carbocycles. The van der Waals surface area contributed by atoms with Gasteiger partial charge in [0.25, 0.3) is 0 Å². The highest BCUT2D eigenvalue weighted by molar-refractivity contribution is 5.78. The number of hydrogen-bond acceptors (Lipinski definition) is 5. The lowest BCUT2D eigenvalue weighted by atomic mass is 10.1. The van der Waals surface area contributed by atoms with Crippen molar-refractivity contribution in [2.45, 2.75) is 32.9 Å². The molecule has 19 heavy (non-hydrogen) atoms.